The molecule has 0 atom stereocenters. The summed E-state index contributed by atoms with van der Waals surface area (Å²) in [7, 11) is 0. The molecule has 1 aromatic heterocycles. The number of nitrogens with two attached hydrogens (primary N) is 1. The Morgan fingerprint density at radius 2 is 1.74 bits per heavy atom. The van der Waals surface area contributed by atoms with E-state index in [1.807, 2.05) is 31.2 Å². The van der Waals surface area contributed by atoms with Gasteiger partial charge in [0.2, 0.25) is 0 Å². The van der Waals surface area contributed by atoms with Crippen molar-refractivity contribution in [2.24, 2.45) is 5.73 Å². The third-order valence-electron chi connectivity index (χ3n) is 2.38. The van der Waals surface area contributed by atoms with Crippen LogP contribution in [0, 0.1) is 5.41 Å². The smallest absolute Gasteiger partial charge is 0.145 e. The molecule has 0 saturated carbocycles. The molecule has 5 nitrogen and oxygen atoms in total. The second-order valence-corrected chi connectivity index (χ2v) is 3.80. The van der Waals surface area contributed by atoms with Crippen LogP contribution in [0.15, 0.2) is 42.6 Å². The fraction of sp³-hybridized carbons (Fsp3) is 0.143. The molecule has 0 unspecified atom stereocenters. The monoisotopic (exact) mass is 257 g/mol. The van der Waals surface area contributed by atoms with Gasteiger partial charge in [0.15, 0.2) is 0 Å². The molecule has 0 radical (unpaired) electrons. The standard InChI is InChI=1S/C14H15N3O2/c1-2-18-10-3-5-11(6-4-10)19-12-7-8-13(14(15)16)17-9-12/h3-9H,2H2,1H3,(H3,15,16). The molecule has 0 aliphatic carbocycles. The number of nitrogens with one attached hydrogen (secondary N) is 1. The van der Waals surface area contributed by atoms with E-state index >= 15 is 0 Å². The van der Waals surface area contributed by atoms with Gasteiger partial charge in [-0.05, 0) is 43.3 Å². The predicted octanol–water partition coefficient (Wildman–Crippen LogP) is 2.56. The topological polar surface area (TPSA) is 81.2 Å². The summed E-state index contributed by atoms with van der Waals surface area (Å²) < 4.78 is 11.0. The van der Waals surface area contributed by atoms with Crippen molar-refractivity contribution >= 4 is 5.84 Å². The minimum absolute atomic E-state index is 0.0624. The Morgan fingerprint density at radius 1 is 1.11 bits per heavy atom. The largest absolute Gasteiger partial charge is 0.494 e. The van der Waals surface area contributed by atoms with E-state index in [-0.39, 0.29) is 5.84 Å². The van der Waals surface area contributed by atoms with Gasteiger partial charge in [-0.3, -0.25) is 5.41 Å². The average molecular weight is 257 g/mol. The maximum atomic E-state index is 7.25. The van der Waals surface area contributed by atoms with Crippen LogP contribution in [0.5, 0.6) is 17.2 Å². The van der Waals surface area contributed by atoms with Crippen molar-refractivity contribution in [3.05, 3.63) is 48.3 Å². The van der Waals surface area contributed by atoms with E-state index < -0.39 is 0 Å². The van der Waals surface area contributed by atoms with Crippen molar-refractivity contribution in [2.75, 3.05) is 6.61 Å². The molecule has 0 amide bonds. The number of amidine groups is 1. The van der Waals surface area contributed by atoms with Crippen LogP contribution in [-0.2, 0) is 0 Å². The molecule has 1 heterocycles. The van der Waals surface area contributed by atoms with Gasteiger partial charge >= 0.3 is 0 Å². The van der Waals surface area contributed by atoms with Crippen molar-refractivity contribution in [3.8, 4) is 17.2 Å². The third kappa shape index (κ3) is 3.45. The fourth-order valence-electron chi connectivity index (χ4n) is 1.51. The molecule has 0 spiro atoms. The van der Waals surface area contributed by atoms with Gasteiger partial charge in [0, 0.05) is 0 Å². The zero-order valence-electron chi connectivity index (χ0n) is 10.6. The summed E-state index contributed by atoms with van der Waals surface area (Å²) in [5.41, 5.74) is 5.76. The van der Waals surface area contributed by atoms with E-state index in [4.69, 9.17) is 20.6 Å². The normalized spacial score (nSPS) is 9.95. The number of aromatic nitrogens is 1. The maximum Gasteiger partial charge on any atom is 0.145 e. The van der Waals surface area contributed by atoms with E-state index in [1.54, 1.807) is 12.1 Å². The Labute approximate surface area is 111 Å². The number of nitrogens with zero attached hydrogens (tertiary/aromatic N) is 1. The average Bonchev–Trinajstić information content (AvgIpc) is 2.42. The highest BCUT2D eigenvalue weighted by Gasteiger charge is 2.01. The quantitative estimate of drug-likeness (QED) is 0.637. The van der Waals surface area contributed by atoms with Gasteiger partial charge < -0.3 is 15.2 Å². The predicted molar refractivity (Wildman–Crippen MR) is 72.9 cm³/mol. The van der Waals surface area contributed by atoms with Crippen molar-refractivity contribution < 1.29 is 9.47 Å². The Balaban J connectivity index is 2.06. The number of hydrogen-bond donors (Lipinski definition) is 2. The molecule has 0 saturated heterocycles. The molecule has 0 aliphatic rings. The van der Waals surface area contributed by atoms with Crippen LogP contribution < -0.4 is 15.2 Å². The molecule has 1 aromatic carbocycles. The van der Waals surface area contributed by atoms with Crippen molar-refractivity contribution in [1.82, 2.24) is 4.98 Å². The minimum atomic E-state index is -0.0624. The molecular weight excluding hydrogens is 242 g/mol. The first-order valence-electron chi connectivity index (χ1n) is 5.90. The van der Waals surface area contributed by atoms with E-state index in [1.165, 1.54) is 6.20 Å². The van der Waals surface area contributed by atoms with Gasteiger partial charge in [0.1, 0.15) is 28.8 Å². The van der Waals surface area contributed by atoms with Crippen LogP contribution in [0.4, 0.5) is 0 Å². The molecule has 3 N–H and O–H groups in total. The first kappa shape index (κ1) is 12.9. The van der Waals surface area contributed by atoms with E-state index in [9.17, 15) is 0 Å². The lowest BCUT2D eigenvalue weighted by atomic mass is 10.3. The summed E-state index contributed by atoms with van der Waals surface area (Å²) in [4.78, 5) is 4.02. The zero-order chi connectivity index (χ0) is 13.7. The number of benzene rings is 1. The molecular formula is C14H15N3O2. The Hall–Kier alpha value is -2.56. The van der Waals surface area contributed by atoms with Crippen LogP contribution in [0.3, 0.4) is 0 Å². The number of hydrogen-bond acceptors (Lipinski definition) is 4. The highest BCUT2D eigenvalue weighted by Crippen LogP contribution is 2.23. The van der Waals surface area contributed by atoms with Gasteiger partial charge in [-0.25, -0.2) is 4.98 Å². The lowest BCUT2D eigenvalue weighted by Crippen LogP contribution is -2.12. The van der Waals surface area contributed by atoms with Gasteiger partial charge in [-0.15, -0.1) is 0 Å². The summed E-state index contributed by atoms with van der Waals surface area (Å²) >= 11 is 0. The molecule has 5 heteroatoms. The van der Waals surface area contributed by atoms with Gasteiger partial charge in [0.05, 0.1) is 12.8 Å². The molecule has 19 heavy (non-hydrogen) atoms. The highest BCUT2D eigenvalue weighted by atomic mass is 16.5. The summed E-state index contributed by atoms with van der Waals surface area (Å²) in [6.07, 6.45) is 1.53. The molecule has 2 rings (SSSR count). The zero-order valence-corrected chi connectivity index (χ0v) is 10.6. The SMILES string of the molecule is CCOc1ccc(Oc2ccc(C(=N)N)nc2)cc1. The Kier molecular flexibility index (Phi) is 3.97. The van der Waals surface area contributed by atoms with Crippen LogP contribution in [-0.4, -0.2) is 17.4 Å². The summed E-state index contributed by atoms with van der Waals surface area (Å²) in [5, 5.41) is 7.25. The van der Waals surface area contributed by atoms with Gasteiger partial charge in [0.25, 0.3) is 0 Å². The molecule has 2 aromatic rings. The number of rotatable bonds is 5. The molecule has 0 bridgehead atoms. The Morgan fingerprint density at radius 3 is 2.26 bits per heavy atom. The second-order valence-electron chi connectivity index (χ2n) is 3.80. The fourth-order valence-corrected chi connectivity index (χ4v) is 1.51. The third-order valence-corrected chi connectivity index (χ3v) is 2.38. The van der Waals surface area contributed by atoms with E-state index in [0.717, 1.165) is 5.75 Å². The maximum absolute atomic E-state index is 7.25. The van der Waals surface area contributed by atoms with Crippen molar-refractivity contribution in [1.29, 1.82) is 5.41 Å². The molecule has 0 fully saturated rings. The summed E-state index contributed by atoms with van der Waals surface area (Å²) in [6.45, 7) is 2.57. The number of nitrogen functional groups attached to an aromatic ring is 1. The van der Waals surface area contributed by atoms with Gasteiger partial charge in [-0.1, -0.05) is 0 Å². The van der Waals surface area contributed by atoms with Crippen LogP contribution >= 0.6 is 0 Å². The van der Waals surface area contributed by atoms with Crippen LogP contribution in [0.25, 0.3) is 0 Å². The van der Waals surface area contributed by atoms with Crippen molar-refractivity contribution in [3.63, 3.8) is 0 Å². The van der Waals surface area contributed by atoms with E-state index in [2.05, 4.69) is 4.98 Å². The lowest BCUT2D eigenvalue weighted by molar-refractivity contribution is 0.339. The minimum Gasteiger partial charge on any atom is -0.494 e. The summed E-state index contributed by atoms with van der Waals surface area (Å²) in [5.74, 6) is 2.03. The van der Waals surface area contributed by atoms with Gasteiger partial charge in [-0.2, -0.15) is 0 Å². The van der Waals surface area contributed by atoms with Crippen LogP contribution in [0.1, 0.15) is 12.6 Å². The lowest BCUT2D eigenvalue weighted by Gasteiger charge is -2.07. The molecule has 0 aliphatic heterocycles. The number of ether oxygens (including phenoxy) is 2. The Bertz CT molecular complexity index is 550. The summed E-state index contributed by atoms with van der Waals surface area (Å²) in [6, 6.07) is 10.7. The first-order chi connectivity index (χ1) is 9.19. The van der Waals surface area contributed by atoms with E-state index in [0.29, 0.717) is 23.8 Å². The van der Waals surface area contributed by atoms with Crippen molar-refractivity contribution in [2.45, 2.75) is 6.92 Å². The first-order valence-corrected chi connectivity index (χ1v) is 5.90. The second kappa shape index (κ2) is 5.86. The van der Waals surface area contributed by atoms with Crippen LogP contribution in [0.2, 0.25) is 0 Å². The number of pyridine rings is 1. The highest BCUT2D eigenvalue weighted by molar-refractivity contribution is 5.92. The molecule has 98 valence electrons.